The van der Waals surface area contributed by atoms with E-state index >= 15 is 0 Å². The number of rotatable bonds is 3. The second-order valence-corrected chi connectivity index (χ2v) is 6.31. The molecule has 1 aromatic rings. The van der Waals surface area contributed by atoms with E-state index in [1.165, 1.54) is 12.1 Å². The summed E-state index contributed by atoms with van der Waals surface area (Å²) >= 11 is 0. The zero-order valence-electron chi connectivity index (χ0n) is 13.1. The molecule has 0 aliphatic carbocycles. The number of hydrogen-bond acceptors (Lipinski definition) is 3. The van der Waals surface area contributed by atoms with Gasteiger partial charge in [0.2, 0.25) is 5.91 Å². The first-order valence-electron chi connectivity index (χ1n) is 7.16. The van der Waals surface area contributed by atoms with Crippen molar-refractivity contribution in [1.29, 1.82) is 0 Å². The number of ether oxygens (including phenoxy) is 1. The minimum Gasteiger partial charge on any atom is -0.367 e. The molecule has 22 heavy (non-hydrogen) atoms. The molecule has 1 aromatic carbocycles. The predicted molar refractivity (Wildman–Crippen MR) is 79.6 cm³/mol. The normalized spacial score (nSPS) is 22.5. The number of morpholine rings is 1. The van der Waals surface area contributed by atoms with Gasteiger partial charge in [-0.15, -0.1) is 0 Å². The summed E-state index contributed by atoms with van der Waals surface area (Å²) in [6.45, 7) is 5.76. The average Bonchev–Trinajstić information content (AvgIpc) is 2.46. The number of amides is 2. The fourth-order valence-corrected chi connectivity index (χ4v) is 2.59. The molecule has 6 heteroatoms. The molecule has 0 saturated carbocycles. The Morgan fingerprint density at radius 2 is 2.09 bits per heavy atom. The van der Waals surface area contributed by atoms with E-state index in [1.54, 1.807) is 37.8 Å². The number of nitrogens with two attached hydrogens (primary N) is 1. The molecule has 120 valence electrons. The highest BCUT2D eigenvalue weighted by atomic mass is 19.1. The predicted octanol–water partition coefficient (Wildman–Crippen LogP) is 1.21. The molecular formula is C16H21FN2O3. The zero-order valence-corrected chi connectivity index (χ0v) is 13.1. The number of primary amides is 1. The van der Waals surface area contributed by atoms with Crippen LogP contribution < -0.4 is 5.73 Å². The van der Waals surface area contributed by atoms with Crippen molar-refractivity contribution in [2.75, 3.05) is 19.7 Å². The van der Waals surface area contributed by atoms with E-state index in [4.69, 9.17) is 10.5 Å². The van der Waals surface area contributed by atoms with E-state index in [0.717, 1.165) is 0 Å². The number of nitrogens with zero attached hydrogens (tertiary/aromatic N) is 1. The van der Waals surface area contributed by atoms with Gasteiger partial charge in [0, 0.05) is 6.54 Å². The van der Waals surface area contributed by atoms with Gasteiger partial charge in [-0.25, -0.2) is 4.39 Å². The summed E-state index contributed by atoms with van der Waals surface area (Å²) < 4.78 is 18.8. The number of hydrogen-bond donors (Lipinski definition) is 1. The number of carbonyl (C=O) groups excluding carboxylic acids is 2. The van der Waals surface area contributed by atoms with Gasteiger partial charge in [-0.2, -0.15) is 0 Å². The minimum atomic E-state index is -1.19. The van der Waals surface area contributed by atoms with Crippen molar-refractivity contribution in [3.8, 4) is 0 Å². The molecular weight excluding hydrogens is 287 g/mol. The minimum absolute atomic E-state index is 0.0971. The molecule has 1 saturated heterocycles. The van der Waals surface area contributed by atoms with Gasteiger partial charge in [-0.05, 0) is 38.5 Å². The maximum atomic E-state index is 13.4. The number of benzene rings is 1. The Labute approximate surface area is 129 Å². The topological polar surface area (TPSA) is 72.6 Å². The lowest BCUT2D eigenvalue weighted by molar-refractivity contribution is -0.162. The molecule has 1 aliphatic heterocycles. The van der Waals surface area contributed by atoms with Crippen LogP contribution in [0.3, 0.4) is 0 Å². The molecule has 2 N–H and O–H groups in total. The second-order valence-electron chi connectivity index (χ2n) is 6.31. The Morgan fingerprint density at radius 3 is 2.68 bits per heavy atom. The van der Waals surface area contributed by atoms with Crippen LogP contribution in [0.2, 0.25) is 0 Å². The lowest BCUT2D eigenvalue weighted by Gasteiger charge is -2.41. The van der Waals surface area contributed by atoms with Crippen molar-refractivity contribution < 1.29 is 18.7 Å². The number of halogens is 1. The molecule has 2 rings (SSSR count). The van der Waals surface area contributed by atoms with Crippen molar-refractivity contribution in [2.45, 2.75) is 31.8 Å². The first-order valence-corrected chi connectivity index (χ1v) is 7.16. The van der Waals surface area contributed by atoms with Gasteiger partial charge < -0.3 is 15.4 Å². The highest BCUT2D eigenvalue weighted by Crippen LogP contribution is 2.28. The van der Waals surface area contributed by atoms with Crippen molar-refractivity contribution in [2.24, 2.45) is 5.73 Å². The Kier molecular flexibility index (Phi) is 4.24. The summed E-state index contributed by atoms with van der Waals surface area (Å²) in [5.41, 5.74) is 3.85. The molecule has 0 unspecified atom stereocenters. The van der Waals surface area contributed by atoms with Gasteiger partial charge >= 0.3 is 0 Å². The maximum absolute atomic E-state index is 13.4. The summed E-state index contributed by atoms with van der Waals surface area (Å²) in [5, 5.41) is 0. The first-order chi connectivity index (χ1) is 10.2. The maximum Gasteiger partial charge on any atom is 0.251 e. The van der Waals surface area contributed by atoms with E-state index in [1.807, 2.05) is 0 Å². The molecule has 2 amide bonds. The summed E-state index contributed by atoms with van der Waals surface area (Å²) in [5.74, 6) is -1.18. The highest BCUT2D eigenvalue weighted by molar-refractivity contribution is 5.89. The highest BCUT2D eigenvalue weighted by Gasteiger charge is 2.43. The van der Waals surface area contributed by atoms with Crippen LogP contribution in [0, 0.1) is 5.82 Å². The van der Waals surface area contributed by atoms with Gasteiger partial charge in [0.1, 0.15) is 5.82 Å². The second kappa shape index (κ2) is 5.68. The molecule has 5 nitrogen and oxygen atoms in total. The standard InChI is InChI=1S/C16H21FN2O3/c1-15(2,11-5-4-6-12(17)9-11)14(21)19-7-8-22-16(3,10-19)13(18)20/h4-6,9H,7-8,10H2,1-3H3,(H2,18,20)/t16-/m1/s1. The van der Waals surface area contributed by atoms with Gasteiger partial charge in [-0.3, -0.25) is 9.59 Å². The summed E-state index contributed by atoms with van der Waals surface area (Å²) in [6.07, 6.45) is 0. The lowest BCUT2D eigenvalue weighted by Crippen LogP contribution is -2.60. The fraction of sp³-hybridized carbons (Fsp3) is 0.500. The van der Waals surface area contributed by atoms with Crippen molar-refractivity contribution in [1.82, 2.24) is 4.90 Å². The Morgan fingerprint density at radius 1 is 1.41 bits per heavy atom. The molecule has 0 radical (unpaired) electrons. The summed E-state index contributed by atoms with van der Waals surface area (Å²) in [4.78, 5) is 25.9. The first kappa shape index (κ1) is 16.4. The number of carbonyl (C=O) groups is 2. The van der Waals surface area contributed by atoms with Crippen LogP contribution in [-0.2, 0) is 19.7 Å². The fourth-order valence-electron chi connectivity index (χ4n) is 2.59. The largest absolute Gasteiger partial charge is 0.367 e. The zero-order chi connectivity index (χ0) is 16.5. The van der Waals surface area contributed by atoms with Crippen LogP contribution in [0.4, 0.5) is 4.39 Å². The SMILES string of the molecule is CC(C)(C(=O)N1CCO[C@@](C)(C(N)=O)C1)c1cccc(F)c1. The Hall–Kier alpha value is -1.95. The van der Waals surface area contributed by atoms with Gasteiger partial charge in [0.05, 0.1) is 18.6 Å². The van der Waals surface area contributed by atoms with E-state index in [2.05, 4.69) is 0 Å². The molecule has 1 heterocycles. The van der Waals surface area contributed by atoms with Gasteiger partial charge in [-0.1, -0.05) is 12.1 Å². The van der Waals surface area contributed by atoms with Crippen molar-refractivity contribution in [3.05, 3.63) is 35.6 Å². The molecule has 0 aromatic heterocycles. The van der Waals surface area contributed by atoms with Crippen LogP contribution in [0.25, 0.3) is 0 Å². The third-order valence-corrected chi connectivity index (χ3v) is 4.16. The van der Waals surface area contributed by atoms with Gasteiger partial charge in [0.25, 0.3) is 5.91 Å². The molecule has 1 atom stereocenters. The summed E-state index contributed by atoms with van der Waals surface area (Å²) in [6, 6.07) is 5.98. The smallest absolute Gasteiger partial charge is 0.251 e. The van der Waals surface area contributed by atoms with Crippen LogP contribution in [0.15, 0.2) is 24.3 Å². The molecule has 1 fully saturated rings. The molecule has 0 spiro atoms. The van der Waals surface area contributed by atoms with E-state index in [0.29, 0.717) is 12.1 Å². The third-order valence-electron chi connectivity index (χ3n) is 4.16. The average molecular weight is 308 g/mol. The monoisotopic (exact) mass is 308 g/mol. The Balaban J connectivity index is 2.25. The van der Waals surface area contributed by atoms with E-state index in [-0.39, 0.29) is 24.9 Å². The lowest BCUT2D eigenvalue weighted by atomic mass is 9.82. The van der Waals surface area contributed by atoms with Crippen molar-refractivity contribution in [3.63, 3.8) is 0 Å². The third kappa shape index (κ3) is 2.97. The van der Waals surface area contributed by atoms with Crippen LogP contribution in [0.5, 0.6) is 0 Å². The molecule has 0 bridgehead atoms. The van der Waals surface area contributed by atoms with Crippen LogP contribution in [0.1, 0.15) is 26.3 Å². The molecule has 1 aliphatic rings. The van der Waals surface area contributed by atoms with Gasteiger partial charge in [0.15, 0.2) is 5.60 Å². The van der Waals surface area contributed by atoms with Crippen molar-refractivity contribution >= 4 is 11.8 Å². The van der Waals surface area contributed by atoms with Crippen LogP contribution in [-0.4, -0.2) is 42.0 Å². The van der Waals surface area contributed by atoms with E-state index < -0.39 is 16.9 Å². The Bertz CT molecular complexity index is 603. The quantitative estimate of drug-likeness (QED) is 0.912. The summed E-state index contributed by atoms with van der Waals surface area (Å²) in [7, 11) is 0. The van der Waals surface area contributed by atoms with E-state index in [9.17, 15) is 14.0 Å². The van der Waals surface area contributed by atoms with Crippen LogP contribution >= 0.6 is 0 Å².